The van der Waals surface area contributed by atoms with Gasteiger partial charge in [-0.1, -0.05) is 26.0 Å². The molecule has 2 aromatic carbocycles. The van der Waals surface area contributed by atoms with Gasteiger partial charge in [0.15, 0.2) is 0 Å². The average molecular weight is 359 g/mol. The second kappa shape index (κ2) is 7.06. The van der Waals surface area contributed by atoms with E-state index in [1.165, 1.54) is 4.31 Å². The molecule has 134 valence electrons. The number of benzene rings is 2. The molecule has 0 unspecified atom stereocenters. The minimum absolute atomic E-state index is 0.390. The summed E-state index contributed by atoms with van der Waals surface area (Å²) in [4.78, 5) is 2.67. The van der Waals surface area contributed by atoms with Crippen molar-refractivity contribution in [1.82, 2.24) is 4.31 Å². The zero-order chi connectivity index (χ0) is 18.0. The van der Waals surface area contributed by atoms with Crippen LogP contribution < -0.4 is 10.6 Å². The van der Waals surface area contributed by atoms with Gasteiger partial charge in [0, 0.05) is 37.6 Å². The summed E-state index contributed by atoms with van der Waals surface area (Å²) in [5.74, 6) is 0. The molecular formula is C19H25N3O2S. The third-order valence-corrected chi connectivity index (χ3v) is 6.76. The maximum absolute atomic E-state index is 12.7. The Morgan fingerprint density at radius 3 is 2.56 bits per heavy atom. The van der Waals surface area contributed by atoms with Crippen LogP contribution in [0.1, 0.15) is 25.0 Å². The van der Waals surface area contributed by atoms with E-state index in [9.17, 15) is 8.42 Å². The minimum Gasteiger partial charge on any atom is -0.399 e. The maximum atomic E-state index is 12.7. The van der Waals surface area contributed by atoms with E-state index in [4.69, 9.17) is 5.73 Å². The van der Waals surface area contributed by atoms with Crippen LogP contribution in [-0.2, 0) is 23.0 Å². The monoisotopic (exact) mass is 359 g/mol. The van der Waals surface area contributed by atoms with E-state index >= 15 is 0 Å². The van der Waals surface area contributed by atoms with Gasteiger partial charge < -0.3 is 10.6 Å². The molecule has 3 rings (SSSR count). The summed E-state index contributed by atoms with van der Waals surface area (Å²) in [5, 5.41) is 0. The lowest BCUT2D eigenvalue weighted by atomic mass is 10.1. The summed E-state index contributed by atoms with van der Waals surface area (Å²) < 4.78 is 26.9. The molecule has 0 radical (unpaired) electrons. The fourth-order valence-corrected chi connectivity index (χ4v) is 4.90. The van der Waals surface area contributed by atoms with Gasteiger partial charge in [-0.25, -0.2) is 8.42 Å². The Hall–Kier alpha value is -2.05. The Morgan fingerprint density at radius 2 is 1.88 bits per heavy atom. The van der Waals surface area contributed by atoms with Crippen molar-refractivity contribution in [2.75, 3.05) is 30.3 Å². The molecule has 1 aliphatic rings. The topological polar surface area (TPSA) is 66.6 Å². The lowest BCUT2D eigenvalue weighted by Gasteiger charge is -2.21. The number of fused-ring (bicyclic) bond motifs is 1. The van der Waals surface area contributed by atoms with E-state index in [0.717, 1.165) is 42.0 Å². The van der Waals surface area contributed by atoms with Crippen molar-refractivity contribution in [2.45, 2.75) is 31.7 Å². The number of anilines is 2. The third kappa shape index (κ3) is 3.50. The van der Waals surface area contributed by atoms with Crippen LogP contribution in [0.25, 0.3) is 0 Å². The highest BCUT2D eigenvalue weighted by Crippen LogP contribution is 2.32. The number of nitrogens with zero attached hydrogens (tertiary/aromatic N) is 2. The van der Waals surface area contributed by atoms with Crippen molar-refractivity contribution in [1.29, 1.82) is 0 Å². The standard InChI is InChI=1S/C19H25N3O2S/c1-3-22(4-2)25(23,24)18-8-9-19-16(13-18)10-11-21(19)14-15-6-5-7-17(20)12-15/h5-9,12-13H,3-4,10-11,14,20H2,1-2H3. The summed E-state index contributed by atoms with van der Waals surface area (Å²) in [6, 6.07) is 13.4. The van der Waals surface area contributed by atoms with Gasteiger partial charge in [-0.05, 0) is 47.9 Å². The highest BCUT2D eigenvalue weighted by atomic mass is 32.2. The van der Waals surface area contributed by atoms with E-state index in [2.05, 4.69) is 11.0 Å². The first-order chi connectivity index (χ1) is 12.0. The van der Waals surface area contributed by atoms with Gasteiger partial charge in [0.05, 0.1) is 4.90 Å². The number of hydrogen-bond acceptors (Lipinski definition) is 4. The van der Waals surface area contributed by atoms with Crippen LogP contribution in [0, 0.1) is 0 Å². The first-order valence-corrected chi connectivity index (χ1v) is 10.1. The largest absolute Gasteiger partial charge is 0.399 e. The predicted octanol–water partition coefficient (Wildman–Crippen LogP) is 2.86. The second-order valence-electron chi connectivity index (χ2n) is 6.30. The normalized spacial score (nSPS) is 14.1. The lowest BCUT2D eigenvalue weighted by molar-refractivity contribution is 0.445. The van der Waals surface area contributed by atoms with E-state index in [1.807, 2.05) is 44.2 Å². The highest BCUT2D eigenvalue weighted by molar-refractivity contribution is 7.89. The highest BCUT2D eigenvalue weighted by Gasteiger charge is 2.25. The second-order valence-corrected chi connectivity index (χ2v) is 8.23. The molecule has 0 saturated carbocycles. The van der Waals surface area contributed by atoms with Crippen molar-refractivity contribution in [2.24, 2.45) is 0 Å². The number of rotatable bonds is 6. The van der Waals surface area contributed by atoms with Gasteiger partial charge in [-0.15, -0.1) is 0 Å². The van der Waals surface area contributed by atoms with Crippen LogP contribution in [-0.4, -0.2) is 32.4 Å². The molecule has 0 amide bonds. The van der Waals surface area contributed by atoms with Gasteiger partial charge in [0.25, 0.3) is 0 Å². The van der Waals surface area contributed by atoms with E-state index in [1.54, 1.807) is 6.07 Å². The van der Waals surface area contributed by atoms with Crippen LogP contribution in [0.3, 0.4) is 0 Å². The molecule has 1 heterocycles. The van der Waals surface area contributed by atoms with Crippen molar-refractivity contribution in [3.63, 3.8) is 0 Å². The summed E-state index contributed by atoms with van der Waals surface area (Å²) in [6.07, 6.45) is 0.860. The lowest BCUT2D eigenvalue weighted by Crippen LogP contribution is -2.30. The third-order valence-electron chi connectivity index (χ3n) is 4.71. The number of sulfonamides is 1. The molecular weight excluding hydrogens is 334 g/mol. The fourth-order valence-electron chi connectivity index (χ4n) is 3.40. The molecule has 0 spiro atoms. The number of hydrogen-bond donors (Lipinski definition) is 1. The first kappa shape index (κ1) is 17.8. The summed E-state index contributed by atoms with van der Waals surface area (Å²) in [5.41, 5.74) is 9.99. The molecule has 6 heteroatoms. The van der Waals surface area contributed by atoms with Crippen LogP contribution in [0.15, 0.2) is 47.4 Å². The smallest absolute Gasteiger partial charge is 0.243 e. The molecule has 0 saturated heterocycles. The molecule has 25 heavy (non-hydrogen) atoms. The molecule has 2 N–H and O–H groups in total. The van der Waals surface area contributed by atoms with Gasteiger partial charge >= 0.3 is 0 Å². The van der Waals surface area contributed by atoms with Crippen molar-refractivity contribution >= 4 is 21.4 Å². The van der Waals surface area contributed by atoms with Crippen molar-refractivity contribution < 1.29 is 8.42 Å². The van der Waals surface area contributed by atoms with E-state index in [0.29, 0.717) is 18.0 Å². The van der Waals surface area contributed by atoms with Gasteiger partial charge in [0.1, 0.15) is 0 Å². The Labute approximate surface area is 150 Å². The number of nitrogens with two attached hydrogens (primary N) is 1. The zero-order valence-electron chi connectivity index (χ0n) is 14.8. The average Bonchev–Trinajstić information content (AvgIpc) is 2.98. The Morgan fingerprint density at radius 1 is 1.12 bits per heavy atom. The van der Waals surface area contributed by atoms with Crippen molar-refractivity contribution in [3.05, 3.63) is 53.6 Å². The fraction of sp³-hybridized carbons (Fsp3) is 0.368. The predicted molar refractivity (Wildman–Crippen MR) is 102 cm³/mol. The summed E-state index contributed by atoms with van der Waals surface area (Å²) in [7, 11) is -3.41. The van der Waals surface area contributed by atoms with Crippen molar-refractivity contribution in [3.8, 4) is 0 Å². The first-order valence-electron chi connectivity index (χ1n) is 8.68. The maximum Gasteiger partial charge on any atom is 0.243 e. The molecule has 1 aliphatic heterocycles. The van der Waals surface area contributed by atoms with Gasteiger partial charge in [0.2, 0.25) is 10.0 Å². The Kier molecular flexibility index (Phi) is 5.01. The molecule has 0 atom stereocenters. The molecule has 2 aromatic rings. The van der Waals surface area contributed by atoms with E-state index < -0.39 is 10.0 Å². The molecule has 0 bridgehead atoms. The quantitative estimate of drug-likeness (QED) is 0.806. The SMILES string of the molecule is CCN(CC)S(=O)(=O)c1ccc2c(c1)CCN2Cc1cccc(N)c1. The molecule has 0 aromatic heterocycles. The van der Waals surface area contributed by atoms with Crippen LogP contribution in [0.2, 0.25) is 0 Å². The van der Waals surface area contributed by atoms with Crippen LogP contribution in [0.4, 0.5) is 11.4 Å². The Bertz CT molecular complexity index is 861. The summed E-state index contributed by atoms with van der Waals surface area (Å²) >= 11 is 0. The molecule has 0 fully saturated rings. The number of nitrogen functional groups attached to an aromatic ring is 1. The van der Waals surface area contributed by atoms with E-state index in [-0.39, 0.29) is 0 Å². The van der Waals surface area contributed by atoms with Gasteiger partial charge in [-0.3, -0.25) is 0 Å². The molecule has 5 nitrogen and oxygen atoms in total. The summed E-state index contributed by atoms with van der Waals surface area (Å²) in [6.45, 7) is 6.36. The molecule has 0 aliphatic carbocycles. The minimum atomic E-state index is -3.41. The van der Waals surface area contributed by atoms with Gasteiger partial charge in [-0.2, -0.15) is 4.31 Å². The van der Waals surface area contributed by atoms with Crippen LogP contribution >= 0.6 is 0 Å². The Balaban J connectivity index is 1.86. The zero-order valence-corrected chi connectivity index (χ0v) is 15.6. The van der Waals surface area contributed by atoms with Crippen LogP contribution in [0.5, 0.6) is 0 Å².